The van der Waals surface area contributed by atoms with Crippen LogP contribution < -0.4 is 15.0 Å². The molecule has 9 heteroatoms. The van der Waals surface area contributed by atoms with Crippen molar-refractivity contribution in [2.75, 3.05) is 43.0 Å². The predicted octanol–water partition coefficient (Wildman–Crippen LogP) is 3.04. The summed E-state index contributed by atoms with van der Waals surface area (Å²) in [6.07, 6.45) is 3.75. The number of benzene rings is 2. The van der Waals surface area contributed by atoms with Crippen molar-refractivity contribution in [3.63, 3.8) is 0 Å². The van der Waals surface area contributed by atoms with Crippen molar-refractivity contribution in [2.24, 2.45) is 0 Å². The second kappa shape index (κ2) is 10.8. The van der Waals surface area contributed by atoms with E-state index in [1.807, 2.05) is 17.0 Å². The van der Waals surface area contributed by atoms with E-state index in [1.54, 1.807) is 54.9 Å². The van der Waals surface area contributed by atoms with Gasteiger partial charge < -0.3 is 19.9 Å². The molecule has 0 unspecified atom stereocenters. The van der Waals surface area contributed by atoms with Crippen molar-refractivity contribution in [2.45, 2.75) is 6.42 Å². The topological polar surface area (TPSA) is 87.7 Å². The van der Waals surface area contributed by atoms with Gasteiger partial charge in [-0.1, -0.05) is 35.9 Å². The van der Waals surface area contributed by atoms with Gasteiger partial charge in [-0.15, -0.1) is 0 Å². The summed E-state index contributed by atoms with van der Waals surface area (Å²) < 4.78 is 5.44. The average molecular weight is 466 g/mol. The molecular weight excluding hydrogens is 442 g/mol. The molecule has 0 aliphatic carbocycles. The summed E-state index contributed by atoms with van der Waals surface area (Å²) in [5.41, 5.74) is 1.52. The summed E-state index contributed by atoms with van der Waals surface area (Å²) in [4.78, 5) is 37.3. The molecule has 2 aromatic carbocycles. The van der Waals surface area contributed by atoms with E-state index in [4.69, 9.17) is 16.3 Å². The number of anilines is 2. The number of aromatic nitrogens is 2. The van der Waals surface area contributed by atoms with Gasteiger partial charge in [0.25, 0.3) is 5.91 Å². The number of nitrogens with one attached hydrogen (secondary N) is 1. The highest BCUT2D eigenvalue weighted by Crippen LogP contribution is 2.23. The maximum atomic E-state index is 12.7. The number of ether oxygens (including phenoxy) is 1. The molecule has 1 aliphatic rings. The van der Waals surface area contributed by atoms with Crippen LogP contribution in [0.25, 0.3) is 0 Å². The summed E-state index contributed by atoms with van der Waals surface area (Å²) in [7, 11) is 0. The molecule has 0 spiro atoms. The van der Waals surface area contributed by atoms with E-state index in [0.29, 0.717) is 55.0 Å². The smallest absolute Gasteiger partial charge is 0.262 e. The number of piperazine rings is 1. The van der Waals surface area contributed by atoms with E-state index >= 15 is 0 Å². The van der Waals surface area contributed by atoms with Crippen molar-refractivity contribution in [3.8, 4) is 5.75 Å². The first kappa shape index (κ1) is 22.5. The number of para-hydroxylation sites is 1. The lowest BCUT2D eigenvalue weighted by molar-refractivity contribution is -0.130. The molecule has 1 fully saturated rings. The van der Waals surface area contributed by atoms with Crippen LogP contribution in [0.1, 0.15) is 5.56 Å². The lowest BCUT2D eigenvalue weighted by Crippen LogP contribution is -2.49. The Morgan fingerprint density at radius 1 is 0.939 bits per heavy atom. The average Bonchev–Trinajstić information content (AvgIpc) is 2.85. The first-order valence-electron chi connectivity index (χ1n) is 10.6. The molecule has 0 radical (unpaired) electrons. The van der Waals surface area contributed by atoms with Crippen LogP contribution in [0.5, 0.6) is 5.75 Å². The second-order valence-corrected chi connectivity index (χ2v) is 7.96. The Bertz CT molecular complexity index is 1090. The fraction of sp³-hybridized carbons (Fsp3) is 0.250. The van der Waals surface area contributed by atoms with Crippen LogP contribution in [0.2, 0.25) is 5.02 Å². The highest BCUT2D eigenvalue weighted by atomic mass is 35.5. The normalized spacial score (nSPS) is 13.5. The van der Waals surface area contributed by atoms with E-state index in [0.717, 1.165) is 5.56 Å². The summed E-state index contributed by atoms with van der Waals surface area (Å²) in [6.45, 7) is 2.53. The van der Waals surface area contributed by atoms with Crippen molar-refractivity contribution in [1.29, 1.82) is 0 Å². The highest BCUT2D eigenvalue weighted by Gasteiger charge is 2.22. The van der Waals surface area contributed by atoms with Crippen molar-refractivity contribution in [1.82, 2.24) is 14.9 Å². The Hall–Kier alpha value is -3.65. The number of halogens is 1. The van der Waals surface area contributed by atoms with E-state index < -0.39 is 0 Å². The van der Waals surface area contributed by atoms with Gasteiger partial charge in [0.1, 0.15) is 5.75 Å². The number of hydrogen-bond donors (Lipinski definition) is 1. The van der Waals surface area contributed by atoms with Gasteiger partial charge in [0.05, 0.1) is 11.4 Å². The quantitative estimate of drug-likeness (QED) is 0.577. The fourth-order valence-corrected chi connectivity index (χ4v) is 3.70. The largest absolute Gasteiger partial charge is 0.482 e. The molecule has 1 aliphatic heterocycles. The van der Waals surface area contributed by atoms with Crippen molar-refractivity contribution in [3.05, 3.63) is 77.6 Å². The standard InChI is InChI=1S/C24H24ClN5O3/c25-20-4-1-2-5-21(20)33-17-22(31)28-19-8-6-18(7-9-19)16-23(32)29-12-14-30(15-13-29)24-26-10-3-11-27-24/h1-11H,12-17H2,(H,28,31). The maximum absolute atomic E-state index is 12.7. The summed E-state index contributed by atoms with van der Waals surface area (Å²) in [5, 5.41) is 3.23. The summed E-state index contributed by atoms with van der Waals surface area (Å²) >= 11 is 6.02. The van der Waals surface area contributed by atoms with Crippen LogP contribution in [-0.4, -0.2) is 59.5 Å². The molecule has 3 aromatic rings. The SMILES string of the molecule is O=C(COc1ccccc1Cl)Nc1ccc(CC(=O)N2CCN(c3ncccn3)CC2)cc1. The number of hydrogen-bond acceptors (Lipinski definition) is 6. The molecule has 8 nitrogen and oxygen atoms in total. The van der Waals surface area contributed by atoms with E-state index in [1.165, 1.54) is 0 Å². The van der Waals surface area contributed by atoms with Crippen LogP contribution in [-0.2, 0) is 16.0 Å². The third-order valence-electron chi connectivity index (χ3n) is 5.26. The Balaban J connectivity index is 1.22. The first-order valence-corrected chi connectivity index (χ1v) is 11.0. The molecular formula is C24H24ClN5O3. The molecule has 2 heterocycles. The Labute approximate surface area is 197 Å². The lowest BCUT2D eigenvalue weighted by Gasteiger charge is -2.34. The van der Waals surface area contributed by atoms with Crippen LogP contribution in [0.15, 0.2) is 67.0 Å². The fourth-order valence-electron chi connectivity index (χ4n) is 3.50. The van der Waals surface area contributed by atoms with Gasteiger partial charge in [0, 0.05) is 44.3 Å². The van der Waals surface area contributed by atoms with Crippen LogP contribution in [0, 0.1) is 0 Å². The zero-order valence-electron chi connectivity index (χ0n) is 18.0. The molecule has 33 heavy (non-hydrogen) atoms. The number of nitrogens with zero attached hydrogens (tertiary/aromatic N) is 4. The summed E-state index contributed by atoms with van der Waals surface area (Å²) in [5.74, 6) is 0.937. The zero-order chi connectivity index (χ0) is 23.0. The number of carbonyl (C=O) groups is 2. The molecule has 1 N–H and O–H groups in total. The van der Waals surface area contributed by atoms with Crippen LogP contribution in [0.4, 0.5) is 11.6 Å². The molecule has 2 amide bonds. The van der Waals surface area contributed by atoms with Gasteiger partial charge in [-0.25, -0.2) is 9.97 Å². The minimum absolute atomic E-state index is 0.0774. The molecule has 4 rings (SSSR count). The van der Waals surface area contributed by atoms with Gasteiger partial charge in [0.15, 0.2) is 6.61 Å². The van der Waals surface area contributed by atoms with Gasteiger partial charge in [-0.05, 0) is 35.9 Å². The molecule has 0 bridgehead atoms. The highest BCUT2D eigenvalue weighted by molar-refractivity contribution is 6.32. The van der Waals surface area contributed by atoms with Gasteiger partial charge >= 0.3 is 0 Å². The van der Waals surface area contributed by atoms with Crippen molar-refractivity contribution >= 4 is 35.1 Å². The number of amides is 2. The Morgan fingerprint density at radius 2 is 1.64 bits per heavy atom. The molecule has 0 atom stereocenters. The van der Waals surface area contributed by atoms with Crippen LogP contribution >= 0.6 is 11.6 Å². The third-order valence-corrected chi connectivity index (χ3v) is 5.57. The molecule has 170 valence electrons. The Kier molecular flexibility index (Phi) is 7.36. The molecule has 1 aromatic heterocycles. The minimum atomic E-state index is -0.293. The molecule has 1 saturated heterocycles. The lowest BCUT2D eigenvalue weighted by atomic mass is 10.1. The van der Waals surface area contributed by atoms with Gasteiger partial charge in [-0.3, -0.25) is 9.59 Å². The molecule has 0 saturated carbocycles. The minimum Gasteiger partial charge on any atom is -0.482 e. The predicted molar refractivity (Wildman–Crippen MR) is 127 cm³/mol. The zero-order valence-corrected chi connectivity index (χ0v) is 18.7. The van der Waals surface area contributed by atoms with Gasteiger partial charge in [0.2, 0.25) is 11.9 Å². The van der Waals surface area contributed by atoms with E-state index in [2.05, 4.69) is 20.2 Å². The van der Waals surface area contributed by atoms with Gasteiger partial charge in [-0.2, -0.15) is 0 Å². The summed E-state index contributed by atoms with van der Waals surface area (Å²) in [6, 6.07) is 16.0. The monoisotopic (exact) mass is 465 g/mol. The van der Waals surface area contributed by atoms with Crippen molar-refractivity contribution < 1.29 is 14.3 Å². The maximum Gasteiger partial charge on any atom is 0.262 e. The Morgan fingerprint density at radius 3 is 2.33 bits per heavy atom. The second-order valence-electron chi connectivity index (χ2n) is 7.56. The third kappa shape index (κ3) is 6.20. The number of rotatable bonds is 7. The van der Waals surface area contributed by atoms with E-state index in [-0.39, 0.29) is 18.4 Å². The first-order chi connectivity index (χ1) is 16.1. The van der Waals surface area contributed by atoms with E-state index in [9.17, 15) is 9.59 Å². The van der Waals surface area contributed by atoms with Crippen LogP contribution in [0.3, 0.4) is 0 Å². The number of carbonyl (C=O) groups excluding carboxylic acids is 2.